The molecular formula is C15H30FmN3O5-. The third-order valence-electron chi connectivity index (χ3n) is 2.13. The first-order chi connectivity index (χ1) is 10.9. The van der Waals surface area contributed by atoms with Crippen LogP contribution in [-0.2, 0) is 23.9 Å². The van der Waals surface area contributed by atoms with E-state index in [4.69, 9.17) is 0 Å². The maximum atomic E-state index is 11.6. The van der Waals surface area contributed by atoms with Gasteiger partial charge in [0, 0.05) is 6.92 Å². The van der Waals surface area contributed by atoms with Crippen LogP contribution in [0.4, 0.5) is 0 Å². The first-order valence-corrected chi connectivity index (χ1v) is 7.69. The van der Waals surface area contributed by atoms with Gasteiger partial charge in [0.05, 0.1) is 12.6 Å². The van der Waals surface area contributed by atoms with E-state index in [1.54, 1.807) is 13.8 Å². The van der Waals surface area contributed by atoms with Crippen molar-refractivity contribution in [3.63, 3.8) is 0 Å². The van der Waals surface area contributed by atoms with Crippen molar-refractivity contribution >= 4 is 24.2 Å². The van der Waals surface area contributed by atoms with E-state index in [-0.39, 0.29) is 19.2 Å². The molecule has 9 heteroatoms. The van der Waals surface area contributed by atoms with Gasteiger partial charge >= 0.3 is 5.97 Å². The van der Waals surface area contributed by atoms with Crippen LogP contribution in [-0.4, -0.2) is 43.5 Å². The molecule has 0 heterocycles. The molecule has 0 rings (SSSR count). The minimum absolute atomic E-state index is 0. The standard InChI is InChI=1S/C11H18N3O5.2C2H6.Fm/c1-7(2)10(13-5-15)11(18)12-4-9(17)14-6-19-8(3)16;2*1-2;/h7,10H,4,6H2,1-3H3,(H,12,18)(H,13,15)(H,14,17);2*1-2H3;/q-1;;;. The smallest absolute Gasteiger partial charge is 0.304 e. The van der Waals surface area contributed by atoms with Crippen molar-refractivity contribution in [2.75, 3.05) is 13.3 Å². The molecular weight excluding hydrogens is 559 g/mol. The van der Waals surface area contributed by atoms with Crippen LogP contribution in [0.25, 0.3) is 0 Å². The summed E-state index contributed by atoms with van der Waals surface area (Å²) in [6.07, 6.45) is 1.45. The van der Waals surface area contributed by atoms with Crippen LogP contribution in [0.1, 0.15) is 48.5 Å². The van der Waals surface area contributed by atoms with Crippen LogP contribution < -0.4 is 16.0 Å². The van der Waals surface area contributed by atoms with Gasteiger partial charge in [-0.25, -0.2) is 0 Å². The van der Waals surface area contributed by atoms with E-state index in [0.29, 0.717) is 0 Å². The number of ether oxygens (including phenoxy) is 1. The summed E-state index contributed by atoms with van der Waals surface area (Å²) in [5.74, 6) is -1.64. The average molecular weight is 589 g/mol. The molecule has 0 radical (unpaired) electrons. The molecule has 8 nitrogen and oxygen atoms in total. The minimum Gasteiger partial charge on any atom is -0.520 e. The second kappa shape index (κ2) is 19.9. The molecule has 0 aliphatic carbocycles. The zero-order chi connectivity index (χ0) is 18.8. The maximum Gasteiger partial charge on any atom is 0.304 e. The van der Waals surface area contributed by atoms with E-state index in [9.17, 15) is 19.2 Å². The Labute approximate surface area is 138 Å². The maximum absolute atomic E-state index is 11.6. The van der Waals surface area contributed by atoms with Gasteiger partial charge in [-0.3, -0.25) is 14.4 Å². The van der Waals surface area contributed by atoms with Crippen LogP contribution in [0, 0.1) is 5.92 Å². The molecule has 148 valence electrons. The van der Waals surface area contributed by atoms with Gasteiger partial charge in [-0.15, -0.1) is 0 Å². The molecule has 0 fully saturated rings. The van der Waals surface area contributed by atoms with Crippen LogP contribution in [0.2, 0.25) is 0 Å². The Morgan fingerprint density at radius 2 is 1.54 bits per heavy atom. The fraction of sp³-hybridized carbons (Fsp3) is 0.733. The number of carbonyl (C=O) groups excluding carboxylic acids is 4. The minimum atomic E-state index is -0.751. The van der Waals surface area contributed by atoms with Gasteiger partial charge in [0.2, 0.25) is 11.8 Å². The number of hydrogen-bond donors (Lipinski definition) is 3. The molecule has 1 unspecified atom stereocenters. The fourth-order valence-corrected chi connectivity index (χ4v) is 1.16. The Morgan fingerprint density at radius 3 is 1.92 bits per heavy atom. The first kappa shape index (κ1) is 29.0. The van der Waals surface area contributed by atoms with Crippen molar-refractivity contribution in [2.45, 2.75) is 54.5 Å². The topological polar surface area (TPSA) is 114 Å². The fourth-order valence-electron chi connectivity index (χ4n) is 1.16. The average Bonchev–Trinajstić information content (AvgIpc) is 2.53. The van der Waals surface area contributed by atoms with Crippen molar-refractivity contribution in [2.24, 2.45) is 5.92 Å². The molecule has 0 aromatic carbocycles. The van der Waals surface area contributed by atoms with Crippen molar-refractivity contribution in [1.82, 2.24) is 16.0 Å². The van der Waals surface area contributed by atoms with E-state index < -0.39 is 23.8 Å². The third kappa shape index (κ3) is 16.9. The van der Waals surface area contributed by atoms with Gasteiger partial charge in [-0.2, -0.15) is 6.41 Å². The first-order valence-electron chi connectivity index (χ1n) is 7.69. The Kier molecular flexibility index (Phi) is 24.0. The number of nitrogens with one attached hydrogen (secondary N) is 3. The number of hydrogen-bond acceptors (Lipinski definition) is 5. The van der Waals surface area contributed by atoms with Crippen molar-refractivity contribution in [3.05, 3.63) is 0 Å². The monoisotopic (exact) mass is 589 g/mol. The quantitative estimate of drug-likeness (QED) is 0.165. The van der Waals surface area contributed by atoms with E-state index in [0.717, 1.165) is 0 Å². The largest absolute Gasteiger partial charge is 0.520 e. The van der Waals surface area contributed by atoms with E-state index >= 15 is 0 Å². The molecule has 24 heavy (non-hydrogen) atoms. The molecule has 0 bridgehead atoms. The Balaban J connectivity index is -0.000000369. The van der Waals surface area contributed by atoms with Gasteiger partial charge in [0.25, 0.3) is 0 Å². The summed E-state index contributed by atoms with van der Waals surface area (Å²) in [6, 6.07) is -0.751. The molecule has 0 aromatic heterocycles. The number of rotatable bonds is 8. The van der Waals surface area contributed by atoms with Gasteiger partial charge in [0.15, 0.2) is 6.73 Å². The van der Waals surface area contributed by atoms with E-state index in [1.807, 2.05) is 27.7 Å². The molecule has 1 atom stereocenters. The van der Waals surface area contributed by atoms with Crippen LogP contribution in [0.3, 0.4) is 0 Å². The summed E-state index contributed by atoms with van der Waals surface area (Å²) in [4.78, 5) is 43.6. The Bertz CT molecular complexity index is 352. The summed E-state index contributed by atoms with van der Waals surface area (Å²) >= 11 is 0. The summed E-state index contributed by atoms with van der Waals surface area (Å²) in [5.41, 5.74) is 0. The number of esters is 1. The van der Waals surface area contributed by atoms with Gasteiger partial charge in [0.1, 0.15) is 0 Å². The normalized spacial score (nSPS) is 9.50. The molecule has 3 amide bonds. The van der Waals surface area contributed by atoms with Crippen LogP contribution in [0.15, 0.2) is 0 Å². The Morgan fingerprint density at radius 1 is 1.04 bits per heavy atom. The predicted octanol–water partition coefficient (Wildman–Crippen LogP) is 0.473. The van der Waals surface area contributed by atoms with Crippen LogP contribution in [0.5, 0.6) is 0 Å². The summed E-state index contributed by atoms with van der Waals surface area (Å²) in [5, 5.41) is 6.87. The van der Waals surface area contributed by atoms with Crippen molar-refractivity contribution in [1.29, 1.82) is 0 Å². The predicted molar refractivity (Wildman–Crippen MR) is 87.9 cm³/mol. The molecule has 0 spiro atoms. The van der Waals surface area contributed by atoms with Crippen molar-refractivity contribution < 1.29 is 23.9 Å². The summed E-state index contributed by atoms with van der Waals surface area (Å²) in [6.45, 7) is 12.2. The molecule has 0 saturated carbocycles. The van der Waals surface area contributed by atoms with Gasteiger partial charge in [-0.05, 0) is 5.92 Å². The molecule has 0 aliphatic heterocycles. The zero-order valence-corrected chi connectivity index (χ0v) is 17.8. The molecule has 0 saturated heterocycles. The van der Waals surface area contributed by atoms with Gasteiger partial charge < -0.3 is 25.5 Å². The van der Waals surface area contributed by atoms with Crippen molar-refractivity contribution in [3.8, 4) is 0 Å². The number of amides is 3. The second-order valence-electron chi connectivity index (χ2n) is 4.07. The molecule has 0 aliphatic rings. The Hall–Kier alpha value is -3.12. The SMILES string of the molecule is CC.CC.CC(=O)OCNC(=O)CNC(=O)C(N[C-]=O)C(C)C.[Fm]. The van der Waals surface area contributed by atoms with Crippen LogP contribution >= 0.6 is 0 Å². The summed E-state index contributed by atoms with van der Waals surface area (Å²) < 4.78 is 4.50. The number of carbonyl (C=O) groups is 3. The third-order valence-corrected chi connectivity index (χ3v) is 2.13. The molecule has 0 aromatic rings. The van der Waals surface area contributed by atoms with E-state index in [1.165, 1.54) is 13.3 Å². The second-order valence-corrected chi connectivity index (χ2v) is 4.07. The van der Waals surface area contributed by atoms with Gasteiger partial charge in [-0.1, -0.05) is 41.5 Å². The van der Waals surface area contributed by atoms with E-state index in [2.05, 4.69) is 20.7 Å². The zero-order valence-electron chi connectivity index (χ0n) is 15.4. The molecule has 3 N–H and O–H groups in total. The summed E-state index contributed by atoms with van der Waals surface area (Å²) in [7, 11) is 0.